The van der Waals surface area contributed by atoms with Gasteiger partial charge in [-0.2, -0.15) is 0 Å². The number of fused-ring (bicyclic) bond motifs is 1. The van der Waals surface area contributed by atoms with Gasteiger partial charge in [0.15, 0.2) is 0 Å². The SMILES string of the molecule is CC1CC(C(N)c2ccc(Br)c3ccccc23)CO1. The van der Waals surface area contributed by atoms with Crippen LogP contribution >= 0.6 is 15.9 Å². The Balaban J connectivity index is 2.03. The highest BCUT2D eigenvalue weighted by Crippen LogP contribution is 2.35. The standard InChI is InChI=1S/C16H18BrNO/c1-10-8-11(9-19-10)16(18)14-6-7-15(17)13-5-3-2-4-12(13)14/h2-7,10-11,16H,8-9,18H2,1H3. The van der Waals surface area contributed by atoms with Gasteiger partial charge >= 0.3 is 0 Å². The van der Waals surface area contributed by atoms with Gasteiger partial charge in [0.1, 0.15) is 0 Å². The van der Waals surface area contributed by atoms with Crippen molar-refractivity contribution in [3.63, 3.8) is 0 Å². The molecule has 0 bridgehead atoms. The number of halogens is 1. The summed E-state index contributed by atoms with van der Waals surface area (Å²) in [5.41, 5.74) is 7.71. The molecule has 100 valence electrons. The minimum Gasteiger partial charge on any atom is -0.378 e. The van der Waals surface area contributed by atoms with Gasteiger partial charge in [0.25, 0.3) is 0 Å². The van der Waals surface area contributed by atoms with Gasteiger partial charge in [-0.1, -0.05) is 46.3 Å². The number of hydrogen-bond acceptors (Lipinski definition) is 2. The summed E-state index contributed by atoms with van der Waals surface area (Å²) in [7, 11) is 0. The molecule has 0 aliphatic carbocycles. The second-order valence-electron chi connectivity index (χ2n) is 5.35. The Morgan fingerprint density at radius 1 is 1.21 bits per heavy atom. The molecule has 1 aliphatic rings. The van der Waals surface area contributed by atoms with E-state index in [1.807, 2.05) is 0 Å². The molecule has 2 N–H and O–H groups in total. The molecule has 3 rings (SSSR count). The molecule has 2 nitrogen and oxygen atoms in total. The van der Waals surface area contributed by atoms with Crippen molar-refractivity contribution in [3.05, 3.63) is 46.4 Å². The summed E-state index contributed by atoms with van der Waals surface area (Å²) < 4.78 is 6.78. The predicted octanol–water partition coefficient (Wildman–Crippen LogP) is 4.03. The normalized spacial score (nSPS) is 24.8. The molecule has 1 fully saturated rings. The fourth-order valence-electron chi connectivity index (χ4n) is 2.93. The summed E-state index contributed by atoms with van der Waals surface area (Å²) in [6.07, 6.45) is 1.38. The largest absolute Gasteiger partial charge is 0.378 e. The lowest BCUT2D eigenvalue weighted by Gasteiger charge is -2.20. The van der Waals surface area contributed by atoms with Gasteiger partial charge in [-0.15, -0.1) is 0 Å². The number of ether oxygens (including phenoxy) is 1. The summed E-state index contributed by atoms with van der Waals surface area (Å²) in [4.78, 5) is 0. The molecule has 2 aromatic carbocycles. The Morgan fingerprint density at radius 2 is 1.95 bits per heavy atom. The lowest BCUT2D eigenvalue weighted by Crippen LogP contribution is -2.22. The highest BCUT2D eigenvalue weighted by atomic mass is 79.9. The summed E-state index contributed by atoms with van der Waals surface area (Å²) >= 11 is 3.61. The van der Waals surface area contributed by atoms with Crippen LogP contribution in [-0.4, -0.2) is 12.7 Å². The van der Waals surface area contributed by atoms with Crippen LogP contribution in [0.25, 0.3) is 10.8 Å². The van der Waals surface area contributed by atoms with Crippen molar-refractivity contribution in [2.75, 3.05) is 6.61 Å². The summed E-state index contributed by atoms with van der Waals surface area (Å²) in [6, 6.07) is 12.7. The van der Waals surface area contributed by atoms with Gasteiger partial charge in [0.05, 0.1) is 12.7 Å². The third-order valence-corrected chi connectivity index (χ3v) is 4.69. The molecule has 1 saturated heterocycles. The third kappa shape index (κ3) is 2.42. The Kier molecular flexibility index (Phi) is 3.61. The van der Waals surface area contributed by atoms with Gasteiger partial charge in [-0.25, -0.2) is 0 Å². The van der Waals surface area contributed by atoms with E-state index in [9.17, 15) is 0 Å². The fourth-order valence-corrected chi connectivity index (χ4v) is 3.41. The number of rotatable bonds is 2. The van der Waals surface area contributed by atoms with Crippen LogP contribution in [0.4, 0.5) is 0 Å². The predicted molar refractivity (Wildman–Crippen MR) is 82.1 cm³/mol. The first-order valence-corrected chi connectivity index (χ1v) is 7.50. The fraction of sp³-hybridized carbons (Fsp3) is 0.375. The van der Waals surface area contributed by atoms with Gasteiger partial charge in [0, 0.05) is 16.4 Å². The lowest BCUT2D eigenvalue weighted by atomic mass is 9.89. The van der Waals surface area contributed by atoms with Crippen molar-refractivity contribution in [3.8, 4) is 0 Å². The number of nitrogens with two attached hydrogens (primary N) is 1. The third-order valence-electron chi connectivity index (χ3n) is 4.00. The quantitative estimate of drug-likeness (QED) is 0.907. The van der Waals surface area contributed by atoms with E-state index in [0.717, 1.165) is 17.5 Å². The highest BCUT2D eigenvalue weighted by molar-refractivity contribution is 9.10. The zero-order valence-corrected chi connectivity index (χ0v) is 12.6. The van der Waals surface area contributed by atoms with Crippen LogP contribution in [0.2, 0.25) is 0 Å². The van der Waals surface area contributed by atoms with Crippen molar-refractivity contribution in [1.82, 2.24) is 0 Å². The van der Waals surface area contributed by atoms with Crippen LogP contribution in [0, 0.1) is 5.92 Å². The second-order valence-corrected chi connectivity index (χ2v) is 6.20. The topological polar surface area (TPSA) is 35.2 Å². The minimum absolute atomic E-state index is 0.0444. The smallest absolute Gasteiger partial charge is 0.0551 e. The molecule has 0 aromatic heterocycles. The Labute approximate surface area is 122 Å². The average molecular weight is 320 g/mol. The maximum atomic E-state index is 6.48. The molecule has 2 aromatic rings. The van der Waals surface area contributed by atoms with E-state index >= 15 is 0 Å². The van der Waals surface area contributed by atoms with Crippen molar-refractivity contribution in [2.24, 2.45) is 11.7 Å². The zero-order chi connectivity index (χ0) is 13.4. The van der Waals surface area contributed by atoms with E-state index in [1.165, 1.54) is 16.3 Å². The highest BCUT2D eigenvalue weighted by Gasteiger charge is 2.29. The van der Waals surface area contributed by atoms with Crippen LogP contribution in [0.15, 0.2) is 40.9 Å². The van der Waals surface area contributed by atoms with Crippen LogP contribution in [-0.2, 0) is 4.74 Å². The number of hydrogen-bond donors (Lipinski definition) is 1. The van der Waals surface area contributed by atoms with Gasteiger partial charge in [-0.05, 0) is 35.7 Å². The molecular formula is C16H18BrNO. The van der Waals surface area contributed by atoms with Crippen molar-refractivity contribution >= 4 is 26.7 Å². The van der Waals surface area contributed by atoms with E-state index in [4.69, 9.17) is 10.5 Å². The molecule has 3 atom stereocenters. The summed E-state index contributed by atoms with van der Waals surface area (Å²) in [5, 5.41) is 2.46. The van der Waals surface area contributed by atoms with Crippen molar-refractivity contribution in [1.29, 1.82) is 0 Å². The van der Waals surface area contributed by atoms with E-state index in [-0.39, 0.29) is 6.04 Å². The van der Waals surface area contributed by atoms with Crippen LogP contribution in [0.3, 0.4) is 0 Å². The van der Waals surface area contributed by atoms with Crippen LogP contribution in [0.5, 0.6) is 0 Å². The molecule has 3 unspecified atom stereocenters. The molecule has 19 heavy (non-hydrogen) atoms. The first kappa shape index (κ1) is 13.1. The molecule has 0 saturated carbocycles. The van der Waals surface area contributed by atoms with E-state index in [0.29, 0.717) is 12.0 Å². The number of benzene rings is 2. The maximum Gasteiger partial charge on any atom is 0.0551 e. The Morgan fingerprint density at radius 3 is 2.63 bits per heavy atom. The van der Waals surface area contributed by atoms with Gasteiger partial charge < -0.3 is 10.5 Å². The van der Waals surface area contributed by atoms with Crippen molar-refractivity contribution < 1.29 is 4.74 Å². The molecule has 1 heterocycles. The van der Waals surface area contributed by atoms with E-state index < -0.39 is 0 Å². The Hall–Kier alpha value is -0.900. The minimum atomic E-state index is 0.0444. The molecule has 3 heteroatoms. The van der Waals surface area contributed by atoms with Crippen LogP contribution in [0.1, 0.15) is 24.9 Å². The maximum absolute atomic E-state index is 6.48. The summed E-state index contributed by atoms with van der Waals surface area (Å²) in [5.74, 6) is 0.416. The first-order valence-electron chi connectivity index (χ1n) is 6.71. The van der Waals surface area contributed by atoms with Gasteiger partial charge in [-0.3, -0.25) is 0 Å². The molecule has 0 radical (unpaired) electrons. The summed E-state index contributed by atoms with van der Waals surface area (Å²) in [6.45, 7) is 2.89. The van der Waals surface area contributed by atoms with Crippen LogP contribution < -0.4 is 5.73 Å². The van der Waals surface area contributed by atoms with Gasteiger partial charge in [0.2, 0.25) is 0 Å². The lowest BCUT2D eigenvalue weighted by molar-refractivity contribution is 0.118. The second kappa shape index (κ2) is 5.23. The monoisotopic (exact) mass is 319 g/mol. The average Bonchev–Trinajstić information content (AvgIpc) is 2.86. The molecular weight excluding hydrogens is 302 g/mol. The zero-order valence-electron chi connectivity index (χ0n) is 11.0. The Bertz CT molecular complexity index is 598. The molecule has 0 amide bonds. The first-order chi connectivity index (χ1) is 9.16. The molecule has 0 spiro atoms. The van der Waals surface area contributed by atoms with E-state index in [1.54, 1.807) is 0 Å². The molecule has 1 aliphatic heterocycles. The van der Waals surface area contributed by atoms with E-state index in [2.05, 4.69) is 59.3 Å². The van der Waals surface area contributed by atoms with Crippen molar-refractivity contribution in [2.45, 2.75) is 25.5 Å².